The van der Waals surface area contributed by atoms with Crippen molar-refractivity contribution in [3.05, 3.63) is 71.5 Å². The third-order valence-corrected chi connectivity index (χ3v) is 4.80. The lowest BCUT2D eigenvalue weighted by Crippen LogP contribution is -2.33. The van der Waals surface area contributed by atoms with Crippen LogP contribution in [-0.2, 0) is 13.0 Å². The van der Waals surface area contributed by atoms with Crippen LogP contribution in [0.1, 0.15) is 28.1 Å². The Hall–Kier alpha value is -2.59. The summed E-state index contributed by atoms with van der Waals surface area (Å²) in [6.45, 7) is 3.75. The average molecular weight is 334 g/mol. The van der Waals surface area contributed by atoms with Gasteiger partial charge in [-0.3, -0.25) is 9.69 Å². The zero-order valence-electron chi connectivity index (χ0n) is 14.2. The van der Waals surface area contributed by atoms with Crippen molar-refractivity contribution in [2.45, 2.75) is 19.4 Å². The minimum absolute atomic E-state index is 0.139. The van der Waals surface area contributed by atoms with Crippen LogP contribution in [0.4, 0.5) is 0 Å². The van der Waals surface area contributed by atoms with E-state index in [4.69, 9.17) is 4.42 Å². The molecule has 2 heterocycles. The van der Waals surface area contributed by atoms with Gasteiger partial charge in [-0.1, -0.05) is 42.5 Å². The highest BCUT2D eigenvalue weighted by atomic mass is 16.3. The van der Waals surface area contributed by atoms with E-state index < -0.39 is 0 Å². The van der Waals surface area contributed by atoms with E-state index >= 15 is 0 Å². The van der Waals surface area contributed by atoms with Crippen molar-refractivity contribution in [2.75, 3.05) is 19.6 Å². The first-order chi connectivity index (χ1) is 12.3. The molecule has 0 aliphatic carbocycles. The number of carbonyl (C=O) groups is 1. The molecule has 4 heteroatoms. The lowest BCUT2D eigenvalue weighted by molar-refractivity contribution is 0.0925. The van der Waals surface area contributed by atoms with Gasteiger partial charge in [0.05, 0.1) is 0 Å². The molecule has 1 N–H and O–H groups in total. The molecule has 128 valence electrons. The number of benzene rings is 2. The lowest BCUT2D eigenvalue weighted by Gasteiger charge is -2.28. The van der Waals surface area contributed by atoms with Gasteiger partial charge in [0.25, 0.3) is 5.91 Å². The maximum absolute atomic E-state index is 12.2. The highest BCUT2D eigenvalue weighted by Crippen LogP contribution is 2.19. The first-order valence-electron chi connectivity index (χ1n) is 8.85. The van der Waals surface area contributed by atoms with Crippen LogP contribution in [0.5, 0.6) is 0 Å². The number of fused-ring (bicyclic) bond motifs is 2. The molecule has 0 saturated heterocycles. The first kappa shape index (κ1) is 15.9. The standard InChI is InChI=1S/C21H22N2O2/c24-21(20-14-17-7-3-4-9-19(17)25-20)22-11-5-12-23-13-10-16-6-1-2-8-18(16)15-23/h1-4,6-9,14H,5,10-13,15H2,(H,22,24). The summed E-state index contributed by atoms with van der Waals surface area (Å²) in [5.74, 6) is 0.244. The normalized spacial score (nSPS) is 14.4. The molecule has 0 fully saturated rings. The summed E-state index contributed by atoms with van der Waals surface area (Å²) in [7, 11) is 0. The van der Waals surface area contributed by atoms with Gasteiger partial charge in [0.1, 0.15) is 5.58 Å². The Morgan fingerprint density at radius 1 is 1.08 bits per heavy atom. The van der Waals surface area contributed by atoms with E-state index in [2.05, 4.69) is 34.5 Å². The topological polar surface area (TPSA) is 45.5 Å². The van der Waals surface area contributed by atoms with Crippen LogP contribution < -0.4 is 5.32 Å². The van der Waals surface area contributed by atoms with Gasteiger partial charge in [-0.25, -0.2) is 0 Å². The number of nitrogens with zero attached hydrogens (tertiary/aromatic N) is 1. The van der Waals surface area contributed by atoms with Gasteiger partial charge in [0.15, 0.2) is 5.76 Å². The maximum atomic E-state index is 12.2. The van der Waals surface area contributed by atoms with Gasteiger partial charge in [-0.2, -0.15) is 0 Å². The van der Waals surface area contributed by atoms with Crippen LogP contribution in [0.25, 0.3) is 11.0 Å². The summed E-state index contributed by atoms with van der Waals surface area (Å²) in [4.78, 5) is 14.7. The number of nitrogens with one attached hydrogen (secondary N) is 1. The van der Waals surface area contributed by atoms with Crippen LogP contribution in [0, 0.1) is 0 Å². The van der Waals surface area contributed by atoms with Crippen molar-refractivity contribution < 1.29 is 9.21 Å². The van der Waals surface area contributed by atoms with E-state index in [0.29, 0.717) is 12.3 Å². The summed E-state index contributed by atoms with van der Waals surface area (Å²) in [6, 6.07) is 18.1. The fraction of sp³-hybridized carbons (Fsp3) is 0.286. The maximum Gasteiger partial charge on any atom is 0.287 e. The van der Waals surface area contributed by atoms with Crippen molar-refractivity contribution in [1.82, 2.24) is 10.2 Å². The van der Waals surface area contributed by atoms with Crippen molar-refractivity contribution in [1.29, 1.82) is 0 Å². The summed E-state index contributed by atoms with van der Waals surface area (Å²) < 4.78 is 5.59. The molecule has 1 amide bonds. The Kier molecular flexibility index (Phi) is 4.53. The van der Waals surface area contributed by atoms with E-state index in [0.717, 1.165) is 43.4 Å². The molecule has 0 atom stereocenters. The van der Waals surface area contributed by atoms with Crippen LogP contribution >= 0.6 is 0 Å². The molecule has 4 rings (SSSR count). The van der Waals surface area contributed by atoms with Gasteiger partial charge in [-0.15, -0.1) is 0 Å². The second-order valence-electron chi connectivity index (χ2n) is 6.55. The summed E-state index contributed by atoms with van der Waals surface area (Å²) >= 11 is 0. The summed E-state index contributed by atoms with van der Waals surface area (Å²) in [5, 5.41) is 3.92. The molecule has 25 heavy (non-hydrogen) atoms. The quantitative estimate of drug-likeness (QED) is 0.725. The van der Waals surface area contributed by atoms with E-state index in [1.807, 2.05) is 24.3 Å². The molecule has 0 spiro atoms. The zero-order valence-corrected chi connectivity index (χ0v) is 14.2. The molecule has 1 aromatic heterocycles. The molecule has 0 saturated carbocycles. The van der Waals surface area contributed by atoms with Gasteiger partial charge in [0.2, 0.25) is 0 Å². The minimum Gasteiger partial charge on any atom is -0.451 e. The zero-order chi connectivity index (χ0) is 17.1. The van der Waals surface area contributed by atoms with Crippen LogP contribution in [0.2, 0.25) is 0 Å². The third kappa shape index (κ3) is 3.59. The van der Waals surface area contributed by atoms with Gasteiger partial charge < -0.3 is 9.73 Å². The molecule has 2 aromatic carbocycles. The van der Waals surface area contributed by atoms with Gasteiger partial charge in [0, 0.05) is 31.6 Å². The van der Waals surface area contributed by atoms with Crippen LogP contribution in [-0.4, -0.2) is 30.4 Å². The number of amides is 1. The molecular formula is C21H22N2O2. The Bertz CT molecular complexity index is 851. The fourth-order valence-electron chi connectivity index (χ4n) is 3.43. The molecule has 0 unspecified atom stereocenters. The van der Waals surface area contributed by atoms with Crippen molar-refractivity contribution in [3.8, 4) is 0 Å². The third-order valence-electron chi connectivity index (χ3n) is 4.80. The molecule has 0 bridgehead atoms. The number of hydrogen-bond acceptors (Lipinski definition) is 3. The lowest BCUT2D eigenvalue weighted by atomic mass is 10.00. The Labute approximate surface area is 147 Å². The van der Waals surface area contributed by atoms with Crippen LogP contribution in [0.3, 0.4) is 0 Å². The van der Waals surface area contributed by atoms with E-state index in [1.54, 1.807) is 6.07 Å². The van der Waals surface area contributed by atoms with Gasteiger partial charge >= 0.3 is 0 Å². The highest BCUT2D eigenvalue weighted by molar-refractivity contribution is 5.96. The predicted octanol–water partition coefficient (Wildman–Crippen LogP) is 3.61. The Morgan fingerprint density at radius 2 is 1.88 bits per heavy atom. The molecular weight excluding hydrogens is 312 g/mol. The Morgan fingerprint density at radius 3 is 2.76 bits per heavy atom. The average Bonchev–Trinajstić information content (AvgIpc) is 3.09. The fourth-order valence-corrected chi connectivity index (χ4v) is 3.43. The van der Waals surface area contributed by atoms with E-state index in [9.17, 15) is 4.79 Å². The monoisotopic (exact) mass is 334 g/mol. The van der Waals surface area contributed by atoms with Crippen LogP contribution in [0.15, 0.2) is 59.0 Å². The molecule has 4 nitrogen and oxygen atoms in total. The number of hydrogen-bond donors (Lipinski definition) is 1. The Balaban J connectivity index is 1.25. The first-order valence-corrected chi connectivity index (χ1v) is 8.85. The number of furan rings is 1. The molecule has 1 aliphatic heterocycles. The molecule has 1 aliphatic rings. The summed E-state index contributed by atoms with van der Waals surface area (Å²) in [6.07, 6.45) is 2.05. The minimum atomic E-state index is -0.139. The van der Waals surface area contributed by atoms with Gasteiger partial charge in [-0.05, 0) is 36.1 Å². The summed E-state index contributed by atoms with van der Waals surface area (Å²) in [5.41, 5.74) is 3.65. The van der Waals surface area contributed by atoms with E-state index in [-0.39, 0.29) is 5.91 Å². The number of rotatable bonds is 5. The largest absolute Gasteiger partial charge is 0.451 e. The van der Waals surface area contributed by atoms with Crippen molar-refractivity contribution in [2.24, 2.45) is 0 Å². The van der Waals surface area contributed by atoms with Crippen molar-refractivity contribution in [3.63, 3.8) is 0 Å². The predicted molar refractivity (Wildman–Crippen MR) is 98.6 cm³/mol. The second kappa shape index (κ2) is 7.11. The van der Waals surface area contributed by atoms with E-state index in [1.165, 1.54) is 11.1 Å². The SMILES string of the molecule is O=C(NCCCN1CCc2ccccc2C1)c1cc2ccccc2o1. The molecule has 3 aromatic rings. The number of para-hydroxylation sites is 1. The molecule has 0 radical (unpaired) electrons. The van der Waals surface area contributed by atoms with Crippen molar-refractivity contribution >= 4 is 16.9 Å². The highest BCUT2D eigenvalue weighted by Gasteiger charge is 2.15. The number of carbonyl (C=O) groups excluding carboxylic acids is 1. The smallest absolute Gasteiger partial charge is 0.287 e. The second-order valence-corrected chi connectivity index (χ2v) is 6.55.